The molecule has 0 spiro atoms. The third-order valence-corrected chi connectivity index (χ3v) is 9.95. The smallest absolute Gasteiger partial charge is 0.220 e. The summed E-state index contributed by atoms with van der Waals surface area (Å²) in [5, 5.41) is 54.2. The van der Waals surface area contributed by atoms with E-state index in [0.29, 0.717) is 12.8 Å². The third kappa shape index (κ3) is 25.8. The number of nitrogens with one attached hydrogen (secondary N) is 1. The molecule has 7 atom stereocenters. The van der Waals surface area contributed by atoms with E-state index in [0.717, 1.165) is 77.0 Å². The van der Waals surface area contributed by atoms with E-state index in [-0.39, 0.29) is 12.5 Å². The summed E-state index contributed by atoms with van der Waals surface area (Å²) in [5.41, 5.74) is 0. The molecule has 308 valence electrons. The topological polar surface area (TPSA) is 149 Å². The van der Waals surface area contributed by atoms with Crippen LogP contribution in [0.5, 0.6) is 0 Å². The fourth-order valence-corrected chi connectivity index (χ4v) is 6.50. The van der Waals surface area contributed by atoms with Crippen LogP contribution in [0.2, 0.25) is 0 Å². The maximum Gasteiger partial charge on any atom is 0.220 e. The summed E-state index contributed by atoms with van der Waals surface area (Å²) < 4.78 is 11.2. The van der Waals surface area contributed by atoms with Gasteiger partial charge in [-0.2, -0.15) is 0 Å². The van der Waals surface area contributed by atoms with Crippen LogP contribution in [0.4, 0.5) is 0 Å². The maximum atomic E-state index is 12.9. The minimum Gasteiger partial charge on any atom is -0.394 e. The molecule has 0 saturated carbocycles. The Labute approximate surface area is 323 Å². The second-order valence-corrected chi connectivity index (χ2v) is 14.8. The first-order valence-electron chi connectivity index (χ1n) is 21.3. The van der Waals surface area contributed by atoms with E-state index in [1.165, 1.54) is 64.2 Å². The van der Waals surface area contributed by atoms with Gasteiger partial charge in [0.05, 0.1) is 25.4 Å². The van der Waals surface area contributed by atoms with Gasteiger partial charge in [0.25, 0.3) is 0 Å². The van der Waals surface area contributed by atoms with Gasteiger partial charge in [-0.05, 0) is 51.4 Å². The molecular formula is C44H79NO8. The molecule has 1 aliphatic heterocycles. The van der Waals surface area contributed by atoms with Crippen molar-refractivity contribution >= 4 is 5.91 Å². The number of ether oxygens (including phenoxy) is 2. The molecule has 0 radical (unpaired) electrons. The summed E-state index contributed by atoms with van der Waals surface area (Å²) in [7, 11) is 0. The molecule has 0 aromatic rings. The molecular weight excluding hydrogens is 670 g/mol. The van der Waals surface area contributed by atoms with Crippen molar-refractivity contribution < 1.29 is 39.8 Å². The lowest BCUT2D eigenvalue weighted by Crippen LogP contribution is -2.60. The van der Waals surface area contributed by atoms with Gasteiger partial charge in [-0.3, -0.25) is 4.79 Å². The number of rotatable bonds is 34. The van der Waals surface area contributed by atoms with E-state index in [4.69, 9.17) is 9.47 Å². The zero-order valence-electron chi connectivity index (χ0n) is 33.5. The van der Waals surface area contributed by atoms with Gasteiger partial charge in [-0.1, -0.05) is 159 Å². The summed E-state index contributed by atoms with van der Waals surface area (Å²) >= 11 is 0. The molecule has 1 fully saturated rings. The molecule has 1 amide bonds. The van der Waals surface area contributed by atoms with Crippen LogP contribution in [0.15, 0.2) is 48.6 Å². The van der Waals surface area contributed by atoms with Gasteiger partial charge < -0.3 is 40.3 Å². The average Bonchev–Trinajstić information content (AvgIpc) is 3.16. The van der Waals surface area contributed by atoms with E-state index in [2.05, 4.69) is 67.8 Å². The number of hydrogen-bond donors (Lipinski definition) is 6. The molecule has 9 heteroatoms. The van der Waals surface area contributed by atoms with Gasteiger partial charge >= 0.3 is 0 Å². The number of amides is 1. The van der Waals surface area contributed by atoms with Gasteiger partial charge in [-0.15, -0.1) is 0 Å². The number of carbonyl (C=O) groups is 1. The molecule has 1 aliphatic rings. The molecule has 0 bridgehead atoms. The zero-order chi connectivity index (χ0) is 38.8. The minimum atomic E-state index is -1.56. The van der Waals surface area contributed by atoms with E-state index >= 15 is 0 Å². The quantitative estimate of drug-likeness (QED) is 0.0285. The number of aliphatic hydroxyl groups is 5. The third-order valence-electron chi connectivity index (χ3n) is 9.95. The van der Waals surface area contributed by atoms with E-state index in [1.807, 2.05) is 0 Å². The lowest BCUT2D eigenvalue weighted by molar-refractivity contribution is -0.302. The summed E-state index contributed by atoms with van der Waals surface area (Å²) in [4.78, 5) is 12.9. The molecule has 6 N–H and O–H groups in total. The van der Waals surface area contributed by atoms with Crippen molar-refractivity contribution in [3.63, 3.8) is 0 Å². The zero-order valence-corrected chi connectivity index (χ0v) is 33.5. The highest BCUT2D eigenvalue weighted by Gasteiger charge is 2.44. The Morgan fingerprint density at radius 1 is 0.660 bits per heavy atom. The monoisotopic (exact) mass is 750 g/mol. The summed E-state index contributed by atoms with van der Waals surface area (Å²) in [6.07, 6.45) is 35.4. The van der Waals surface area contributed by atoms with Crippen molar-refractivity contribution in [3.05, 3.63) is 48.6 Å². The molecule has 0 aromatic carbocycles. The van der Waals surface area contributed by atoms with Crippen LogP contribution in [0.1, 0.15) is 168 Å². The molecule has 53 heavy (non-hydrogen) atoms. The van der Waals surface area contributed by atoms with Crippen LogP contribution in [0.3, 0.4) is 0 Å². The van der Waals surface area contributed by atoms with Gasteiger partial charge in [0.15, 0.2) is 6.29 Å². The van der Waals surface area contributed by atoms with Crippen LogP contribution in [0, 0.1) is 0 Å². The highest BCUT2D eigenvalue weighted by molar-refractivity contribution is 5.76. The Balaban J connectivity index is 2.36. The van der Waals surface area contributed by atoms with Crippen LogP contribution in [-0.4, -0.2) is 87.5 Å². The van der Waals surface area contributed by atoms with Crippen molar-refractivity contribution in [1.82, 2.24) is 5.32 Å². The predicted molar refractivity (Wildman–Crippen MR) is 216 cm³/mol. The summed E-state index contributed by atoms with van der Waals surface area (Å²) in [5.74, 6) is -0.162. The molecule has 7 unspecified atom stereocenters. The second kappa shape index (κ2) is 34.6. The molecule has 1 rings (SSSR count). The molecule has 0 aliphatic carbocycles. The standard InChI is InChI=1S/C44H79NO8/c1-3-5-7-9-11-13-15-16-17-18-19-20-21-22-24-26-28-30-32-34-40(48)45-37(36-52-44-43(51)42(50)41(49)39(35-46)53-44)38(47)33-31-29-27-25-23-14-12-10-8-6-4-2/h5,7,11,13,16-17,19-20,37-39,41-44,46-47,49-51H,3-4,6,8-10,12,14-15,18,21-36H2,1-2H3,(H,45,48)/b7-5-,13-11-,17-16-,20-19-. The van der Waals surface area contributed by atoms with Crippen molar-refractivity contribution in [2.75, 3.05) is 13.2 Å². The first-order chi connectivity index (χ1) is 25.8. The molecule has 1 saturated heterocycles. The van der Waals surface area contributed by atoms with E-state index < -0.39 is 49.5 Å². The molecule has 1 heterocycles. The fraction of sp³-hybridized carbons (Fsp3) is 0.795. The lowest BCUT2D eigenvalue weighted by Gasteiger charge is -2.40. The Kier molecular flexibility index (Phi) is 32.1. The van der Waals surface area contributed by atoms with Crippen molar-refractivity contribution in [2.24, 2.45) is 0 Å². The average molecular weight is 750 g/mol. The highest BCUT2D eigenvalue weighted by atomic mass is 16.7. The van der Waals surface area contributed by atoms with Crippen LogP contribution in [-0.2, 0) is 14.3 Å². The Morgan fingerprint density at radius 2 is 1.17 bits per heavy atom. The van der Waals surface area contributed by atoms with Gasteiger partial charge in [0, 0.05) is 6.42 Å². The molecule has 0 aromatic heterocycles. The number of aliphatic hydroxyl groups excluding tert-OH is 5. The first kappa shape index (κ1) is 49.2. The fourth-order valence-electron chi connectivity index (χ4n) is 6.50. The first-order valence-corrected chi connectivity index (χ1v) is 21.3. The van der Waals surface area contributed by atoms with Crippen molar-refractivity contribution in [3.8, 4) is 0 Å². The Hall–Kier alpha value is -1.85. The van der Waals surface area contributed by atoms with Crippen molar-refractivity contribution in [1.29, 1.82) is 0 Å². The Bertz CT molecular complexity index is 967. The van der Waals surface area contributed by atoms with E-state index in [1.54, 1.807) is 0 Å². The number of allylic oxidation sites excluding steroid dienone is 8. The lowest BCUT2D eigenvalue weighted by atomic mass is 9.99. The largest absolute Gasteiger partial charge is 0.394 e. The number of hydrogen-bond acceptors (Lipinski definition) is 8. The van der Waals surface area contributed by atoms with Gasteiger partial charge in [-0.25, -0.2) is 0 Å². The van der Waals surface area contributed by atoms with E-state index in [9.17, 15) is 30.3 Å². The number of unbranched alkanes of at least 4 members (excludes halogenated alkanes) is 16. The van der Waals surface area contributed by atoms with Gasteiger partial charge in [0.1, 0.15) is 24.4 Å². The summed E-state index contributed by atoms with van der Waals surface area (Å²) in [6, 6.07) is -0.726. The molecule has 9 nitrogen and oxygen atoms in total. The van der Waals surface area contributed by atoms with Crippen molar-refractivity contribution in [2.45, 2.75) is 211 Å². The van der Waals surface area contributed by atoms with Crippen LogP contribution in [0.25, 0.3) is 0 Å². The SMILES string of the molecule is CC/C=C\C/C=C\C/C=C\C/C=C\CCCCCCCCC(=O)NC(COC1OC(CO)C(O)C(O)C1O)C(O)CCCCCCCCCCCCC. The normalized spacial score (nSPS) is 22.1. The van der Waals surface area contributed by atoms with Crippen LogP contribution < -0.4 is 5.32 Å². The summed E-state index contributed by atoms with van der Waals surface area (Å²) in [6.45, 7) is 3.68. The predicted octanol–water partition coefficient (Wildman–Crippen LogP) is 8.28. The van der Waals surface area contributed by atoms with Crippen LogP contribution >= 0.6 is 0 Å². The maximum absolute atomic E-state index is 12.9. The number of carbonyl (C=O) groups excluding carboxylic acids is 1. The Morgan fingerprint density at radius 3 is 1.74 bits per heavy atom. The second-order valence-electron chi connectivity index (χ2n) is 14.8. The minimum absolute atomic E-state index is 0.146. The highest BCUT2D eigenvalue weighted by Crippen LogP contribution is 2.23. The van der Waals surface area contributed by atoms with Gasteiger partial charge in [0.2, 0.25) is 5.91 Å².